The molecule has 1 atom stereocenters. The van der Waals surface area contributed by atoms with Gasteiger partial charge in [0.25, 0.3) is 11.8 Å². The van der Waals surface area contributed by atoms with Gasteiger partial charge in [-0.25, -0.2) is 0 Å². The van der Waals surface area contributed by atoms with Crippen molar-refractivity contribution >= 4 is 23.4 Å². The van der Waals surface area contributed by atoms with Crippen molar-refractivity contribution in [2.75, 3.05) is 19.7 Å². The lowest BCUT2D eigenvalue weighted by atomic mass is 10.1. The van der Waals surface area contributed by atoms with Crippen molar-refractivity contribution in [1.29, 1.82) is 0 Å². The first-order valence-electron chi connectivity index (χ1n) is 7.82. The molecule has 0 saturated carbocycles. The highest BCUT2D eigenvalue weighted by molar-refractivity contribution is 6.47. The molecule has 5 nitrogen and oxygen atoms in total. The van der Waals surface area contributed by atoms with Crippen molar-refractivity contribution < 1.29 is 14.3 Å². The fourth-order valence-electron chi connectivity index (χ4n) is 2.81. The van der Waals surface area contributed by atoms with Crippen LogP contribution in [0, 0.1) is 0 Å². The van der Waals surface area contributed by atoms with E-state index in [1.54, 1.807) is 0 Å². The summed E-state index contributed by atoms with van der Waals surface area (Å²) in [5.74, 6) is -0.781. The summed E-state index contributed by atoms with van der Waals surface area (Å²) in [7, 11) is 0. The second-order valence-corrected chi connectivity index (χ2v) is 6.08. The maximum absolute atomic E-state index is 12.4. The first kappa shape index (κ1) is 16.0. The second kappa shape index (κ2) is 7.15. The first-order valence-corrected chi connectivity index (χ1v) is 8.20. The van der Waals surface area contributed by atoms with E-state index < -0.39 is 5.91 Å². The van der Waals surface area contributed by atoms with Gasteiger partial charge in [-0.05, 0) is 24.8 Å². The third-order valence-electron chi connectivity index (χ3n) is 4.11. The van der Waals surface area contributed by atoms with E-state index in [0.29, 0.717) is 19.5 Å². The van der Waals surface area contributed by atoms with E-state index in [-0.39, 0.29) is 22.7 Å². The van der Waals surface area contributed by atoms with E-state index in [0.717, 1.165) is 25.0 Å². The topological polar surface area (TPSA) is 58.6 Å². The summed E-state index contributed by atoms with van der Waals surface area (Å²) < 4.78 is 5.50. The number of nitrogens with zero attached hydrogens (tertiary/aromatic N) is 1. The van der Waals surface area contributed by atoms with Crippen LogP contribution >= 0.6 is 11.6 Å². The highest BCUT2D eigenvalue weighted by atomic mass is 35.5. The molecule has 2 heterocycles. The molecule has 1 aromatic carbocycles. The monoisotopic (exact) mass is 334 g/mol. The van der Waals surface area contributed by atoms with Gasteiger partial charge in [-0.2, -0.15) is 0 Å². The van der Waals surface area contributed by atoms with E-state index in [9.17, 15) is 9.59 Å². The number of ether oxygens (including phenoxy) is 1. The Bertz CT molecular complexity index is 624. The molecule has 1 N–H and O–H groups in total. The summed E-state index contributed by atoms with van der Waals surface area (Å²) in [6.45, 7) is 1.56. The van der Waals surface area contributed by atoms with Gasteiger partial charge in [0.1, 0.15) is 10.7 Å². The van der Waals surface area contributed by atoms with Gasteiger partial charge in [0.15, 0.2) is 0 Å². The minimum atomic E-state index is -0.428. The van der Waals surface area contributed by atoms with Crippen molar-refractivity contribution in [2.24, 2.45) is 0 Å². The number of nitrogens with one attached hydrogen (secondary N) is 1. The van der Waals surface area contributed by atoms with Crippen LogP contribution in [0.1, 0.15) is 18.4 Å². The molecular formula is C17H19ClN2O3. The predicted molar refractivity (Wildman–Crippen MR) is 86.7 cm³/mol. The molecule has 0 aliphatic carbocycles. The Kier molecular flexibility index (Phi) is 4.98. The number of hydrogen-bond acceptors (Lipinski definition) is 4. The minimum Gasteiger partial charge on any atom is -0.377 e. The first-order chi connectivity index (χ1) is 11.2. The maximum atomic E-state index is 12.4. The van der Waals surface area contributed by atoms with Crippen molar-refractivity contribution in [3.05, 3.63) is 46.6 Å². The van der Waals surface area contributed by atoms with E-state index in [4.69, 9.17) is 16.3 Å². The average Bonchev–Trinajstić information content (AvgIpc) is 3.15. The van der Waals surface area contributed by atoms with Gasteiger partial charge in [-0.1, -0.05) is 41.9 Å². The largest absolute Gasteiger partial charge is 0.377 e. The SMILES string of the molecule is O=C1C(Cl)=C(NC[C@@H]2CCCO2)C(=O)N1CCc1ccccc1. The van der Waals surface area contributed by atoms with Gasteiger partial charge in [-0.3, -0.25) is 14.5 Å². The Balaban J connectivity index is 1.59. The molecule has 122 valence electrons. The highest BCUT2D eigenvalue weighted by Gasteiger charge is 2.37. The van der Waals surface area contributed by atoms with Gasteiger partial charge in [0, 0.05) is 19.7 Å². The Morgan fingerprint density at radius 2 is 2.00 bits per heavy atom. The fourth-order valence-corrected chi connectivity index (χ4v) is 3.06. The number of carbonyl (C=O) groups excluding carboxylic acids is 2. The summed E-state index contributed by atoms with van der Waals surface area (Å²) in [4.78, 5) is 25.8. The summed E-state index contributed by atoms with van der Waals surface area (Å²) in [5, 5.41) is 2.97. The van der Waals surface area contributed by atoms with Crippen LogP contribution in [0.15, 0.2) is 41.1 Å². The lowest BCUT2D eigenvalue weighted by Crippen LogP contribution is -2.36. The molecule has 2 aliphatic heterocycles. The second-order valence-electron chi connectivity index (χ2n) is 5.70. The van der Waals surface area contributed by atoms with E-state index in [2.05, 4.69) is 5.32 Å². The van der Waals surface area contributed by atoms with Crippen molar-refractivity contribution in [2.45, 2.75) is 25.4 Å². The van der Waals surface area contributed by atoms with Crippen LogP contribution in [0.2, 0.25) is 0 Å². The van der Waals surface area contributed by atoms with E-state index in [1.807, 2.05) is 30.3 Å². The average molecular weight is 335 g/mol. The summed E-state index contributed by atoms with van der Waals surface area (Å²) >= 11 is 6.05. The molecule has 0 radical (unpaired) electrons. The van der Waals surface area contributed by atoms with Gasteiger partial charge < -0.3 is 10.1 Å². The fraction of sp³-hybridized carbons (Fsp3) is 0.412. The lowest BCUT2D eigenvalue weighted by molar-refractivity contribution is -0.137. The zero-order chi connectivity index (χ0) is 16.2. The van der Waals surface area contributed by atoms with Crippen molar-refractivity contribution in [1.82, 2.24) is 10.2 Å². The molecule has 23 heavy (non-hydrogen) atoms. The molecule has 2 amide bonds. The van der Waals surface area contributed by atoms with E-state index >= 15 is 0 Å². The molecular weight excluding hydrogens is 316 g/mol. The lowest BCUT2D eigenvalue weighted by Gasteiger charge is -2.16. The standard InChI is InChI=1S/C17H19ClN2O3/c18-14-15(19-11-13-7-4-10-23-13)17(22)20(16(14)21)9-8-12-5-2-1-3-6-12/h1-3,5-6,13,19H,4,7-11H2/t13-/m0/s1. The number of halogens is 1. The maximum Gasteiger partial charge on any atom is 0.278 e. The molecule has 6 heteroatoms. The quantitative estimate of drug-likeness (QED) is 0.806. The smallest absolute Gasteiger partial charge is 0.278 e. The zero-order valence-electron chi connectivity index (χ0n) is 12.8. The number of imide groups is 1. The van der Waals surface area contributed by atoms with Crippen LogP contribution in [0.5, 0.6) is 0 Å². The predicted octanol–water partition coefficient (Wildman–Crippen LogP) is 1.82. The Morgan fingerprint density at radius 3 is 2.70 bits per heavy atom. The third kappa shape index (κ3) is 3.57. The number of rotatable bonds is 6. The van der Waals surface area contributed by atoms with Crippen LogP contribution in [-0.2, 0) is 20.7 Å². The molecule has 0 bridgehead atoms. The zero-order valence-corrected chi connectivity index (χ0v) is 13.5. The highest BCUT2D eigenvalue weighted by Crippen LogP contribution is 2.23. The van der Waals surface area contributed by atoms with Crippen LogP contribution in [0.25, 0.3) is 0 Å². The molecule has 0 spiro atoms. The Labute approximate surface area is 140 Å². The van der Waals surface area contributed by atoms with Crippen LogP contribution in [0.3, 0.4) is 0 Å². The van der Waals surface area contributed by atoms with E-state index in [1.165, 1.54) is 4.90 Å². The molecule has 1 saturated heterocycles. The normalized spacial score (nSPS) is 21.4. The van der Waals surface area contributed by atoms with Crippen LogP contribution < -0.4 is 5.32 Å². The Morgan fingerprint density at radius 1 is 1.22 bits per heavy atom. The van der Waals surface area contributed by atoms with Gasteiger partial charge in [0.2, 0.25) is 0 Å². The molecule has 1 aromatic rings. The molecule has 0 unspecified atom stereocenters. The number of hydrogen-bond donors (Lipinski definition) is 1. The van der Waals surface area contributed by atoms with Gasteiger partial charge >= 0.3 is 0 Å². The molecule has 0 aromatic heterocycles. The van der Waals surface area contributed by atoms with Crippen LogP contribution in [-0.4, -0.2) is 42.5 Å². The van der Waals surface area contributed by atoms with Crippen molar-refractivity contribution in [3.63, 3.8) is 0 Å². The summed E-state index contributed by atoms with van der Waals surface area (Å²) in [5.41, 5.74) is 1.27. The van der Waals surface area contributed by atoms with Gasteiger partial charge in [-0.15, -0.1) is 0 Å². The molecule has 1 fully saturated rings. The number of carbonyl (C=O) groups is 2. The van der Waals surface area contributed by atoms with Crippen LogP contribution in [0.4, 0.5) is 0 Å². The van der Waals surface area contributed by atoms with Crippen molar-refractivity contribution in [3.8, 4) is 0 Å². The summed E-state index contributed by atoms with van der Waals surface area (Å²) in [6.07, 6.45) is 2.67. The molecule has 3 rings (SSSR count). The number of amides is 2. The summed E-state index contributed by atoms with van der Waals surface area (Å²) in [6, 6.07) is 9.74. The molecule has 2 aliphatic rings. The number of benzene rings is 1. The third-order valence-corrected chi connectivity index (χ3v) is 4.46. The minimum absolute atomic E-state index is 0.0268. The van der Waals surface area contributed by atoms with Gasteiger partial charge in [0.05, 0.1) is 6.10 Å². The Hall–Kier alpha value is -1.85.